The molecule has 2 aromatic heterocycles. The van der Waals surface area contributed by atoms with E-state index in [2.05, 4.69) is 15.5 Å². The van der Waals surface area contributed by atoms with Gasteiger partial charge in [-0.15, -0.1) is 0 Å². The van der Waals surface area contributed by atoms with E-state index in [9.17, 15) is 0 Å². The predicted molar refractivity (Wildman–Crippen MR) is 70.9 cm³/mol. The van der Waals surface area contributed by atoms with E-state index in [1.807, 2.05) is 25.1 Å². The van der Waals surface area contributed by atoms with E-state index in [0.717, 1.165) is 30.0 Å². The van der Waals surface area contributed by atoms with E-state index < -0.39 is 0 Å². The Morgan fingerprint density at radius 1 is 1.53 bits per heavy atom. The fraction of sp³-hybridized carbons (Fsp3) is 0.429. The van der Waals surface area contributed by atoms with Gasteiger partial charge in [-0.3, -0.25) is 0 Å². The SMILES string of the molecule is CCOc1ncccc1-c1cc(C2CCCN2)on1. The summed E-state index contributed by atoms with van der Waals surface area (Å²) < 4.78 is 11.0. The molecule has 0 saturated carbocycles. The Morgan fingerprint density at radius 3 is 3.26 bits per heavy atom. The van der Waals surface area contributed by atoms with E-state index in [4.69, 9.17) is 9.26 Å². The predicted octanol–water partition coefficient (Wildman–Crippen LogP) is 2.56. The minimum absolute atomic E-state index is 0.286. The second-order valence-corrected chi connectivity index (χ2v) is 4.55. The molecule has 19 heavy (non-hydrogen) atoms. The van der Waals surface area contributed by atoms with Crippen molar-refractivity contribution < 1.29 is 9.26 Å². The van der Waals surface area contributed by atoms with Gasteiger partial charge in [0.25, 0.3) is 0 Å². The molecular formula is C14H17N3O2. The molecule has 0 spiro atoms. The van der Waals surface area contributed by atoms with Crippen LogP contribution in [0, 0.1) is 0 Å². The lowest BCUT2D eigenvalue weighted by Crippen LogP contribution is -2.11. The number of hydrogen-bond acceptors (Lipinski definition) is 5. The number of hydrogen-bond donors (Lipinski definition) is 1. The Morgan fingerprint density at radius 2 is 2.47 bits per heavy atom. The average Bonchev–Trinajstić information content (AvgIpc) is 3.11. The van der Waals surface area contributed by atoms with Crippen LogP contribution < -0.4 is 10.1 Å². The summed E-state index contributed by atoms with van der Waals surface area (Å²) in [6, 6.07) is 6.08. The molecule has 1 aliphatic heterocycles. The van der Waals surface area contributed by atoms with Gasteiger partial charge in [0.05, 0.1) is 18.2 Å². The monoisotopic (exact) mass is 259 g/mol. The molecule has 1 fully saturated rings. The van der Waals surface area contributed by atoms with Crippen molar-refractivity contribution >= 4 is 0 Å². The molecule has 1 atom stereocenters. The number of rotatable bonds is 4. The fourth-order valence-corrected chi connectivity index (χ4v) is 2.35. The maximum atomic E-state index is 5.52. The van der Waals surface area contributed by atoms with Crippen LogP contribution in [-0.4, -0.2) is 23.3 Å². The lowest BCUT2D eigenvalue weighted by molar-refractivity contribution is 0.327. The molecular weight excluding hydrogens is 242 g/mol. The van der Waals surface area contributed by atoms with E-state index in [1.165, 1.54) is 6.42 Å². The summed E-state index contributed by atoms with van der Waals surface area (Å²) in [5, 5.41) is 7.54. The van der Waals surface area contributed by atoms with Crippen LogP contribution in [0.5, 0.6) is 5.88 Å². The van der Waals surface area contributed by atoms with Crippen LogP contribution in [0.4, 0.5) is 0 Å². The van der Waals surface area contributed by atoms with Gasteiger partial charge in [-0.1, -0.05) is 5.16 Å². The Labute approximate surface area is 112 Å². The van der Waals surface area contributed by atoms with Crippen molar-refractivity contribution in [2.45, 2.75) is 25.8 Å². The van der Waals surface area contributed by atoms with E-state index in [-0.39, 0.29) is 6.04 Å². The van der Waals surface area contributed by atoms with Crippen LogP contribution in [0.2, 0.25) is 0 Å². The van der Waals surface area contributed by atoms with Crippen LogP contribution >= 0.6 is 0 Å². The van der Waals surface area contributed by atoms with Gasteiger partial charge in [-0.05, 0) is 38.4 Å². The molecule has 1 unspecified atom stereocenters. The van der Waals surface area contributed by atoms with Crippen molar-refractivity contribution in [2.24, 2.45) is 0 Å². The number of nitrogens with one attached hydrogen (secondary N) is 1. The molecule has 3 heterocycles. The van der Waals surface area contributed by atoms with Crippen LogP contribution in [0.25, 0.3) is 11.3 Å². The lowest BCUT2D eigenvalue weighted by Gasteiger charge is -2.05. The van der Waals surface area contributed by atoms with Crippen LogP contribution in [0.3, 0.4) is 0 Å². The van der Waals surface area contributed by atoms with Gasteiger partial charge < -0.3 is 14.6 Å². The Kier molecular flexibility index (Phi) is 3.46. The van der Waals surface area contributed by atoms with Crippen LogP contribution in [0.1, 0.15) is 31.6 Å². The first-order valence-corrected chi connectivity index (χ1v) is 6.66. The third kappa shape index (κ3) is 2.46. The molecule has 2 aromatic rings. The molecule has 1 saturated heterocycles. The van der Waals surface area contributed by atoms with E-state index in [0.29, 0.717) is 12.5 Å². The molecule has 0 radical (unpaired) electrons. The van der Waals surface area contributed by atoms with Crippen molar-refractivity contribution in [3.63, 3.8) is 0 Å². The second kappa shape index (κ2) is 5.40. The van der Waals surface area contributed by atoms with Gasteiger partial charge >= 0.3 is 0 Å². The highest BCUT2D eigenvalue weighted by atomic mass is 16.5. The van der Waals surface area contributed by atoms with Gasteiger partial charge in [0.2, 0.25) is 5.88 Å². The average molecular weight is 259 g/mol. The minimum Gasteiger partial charge on any atom is -0.477 e. The quantitative estimate of drug-likeness (QED) is 0.914. The molecule has 0 aromatic carbocycles. The Hall–Kier alpha value is -1.88. The fourth-order valence-electron chi connectivity index (χ4n) is 2.35. The molecule has 5 nitrogen and oxygen atoms in total. The van der Waals surface area contributed by atoms with E-state index in [1.54, 1.807) is 6.20 Å². The minimum atomic E-state index is 0.286. The lowest BCUT2D eigenvalue weighted by atomic mass is 10.1. The Balaban J connectivity index is 1.89. The van der Waals surface area contributed by atoms with Crippen LogP contribution in [-0.2, 0) is 0 Å². The van der Waals surface area contributed by atoms with Crippen LogP contribution in [0.15, 0.2) is 28.9 Å². The van der Waals surface area contributed by atoms with Gasteiger partial charge in [-0.25, -0.2) is 4.98 Å². The highest BCUT2D eigenvalue weighted by Gasteiger charge is 2.22. The summed E-state index contributed by atoms with van der Waals surface area (Å²) >= 11 is 0. The first kappa shape index (κ1) is 12.2. The maximum Gasteiger partial charge on any atom is 0.223 e. The molecule has 1 aliphatic rings. The summed E-state index contributed by atoms with van der Waals surface area (Å²) in [6.07, 6.45) is 3.99. The third-order valence-corrected chi connectivity index (χ3v) is 3.26. The molecule has 100 valence electrons. The summed E-state index contributed by atoms with van der Waals surface area (Å²) in [6.45, 7) is 3.56. The number of aromatic nitrogens is 2. The van der Waals surface area contributed by atoms with Crippen molar-refractivity contribution in [3.05, 3.63) is 30.2 Å². The zero-order valence-corrected chi connectivity index (χ0v) is 10.9. The molecule has 0 aliphatic carbocycles. The first-order valence-electron chi connectivity index (χ1n) is 6.66. The summed E-state index contributed by atoms with van der Waals surface area (Å²) in [5.41, 5.74) is 1.65. The molecule has 0 bridgehead atoms. The van der Waals surface area contributed by atoms with Crippen molar-refractivity contribution in [1.29, 1.82) is 0 Å². The maximum absolute atomic E-state index is 5.52. The highest BCUT2D eigenvalue weighted by Crippen LogP contribution is 2.31. The summed E-state index contributed by atoms with van der Waals surface area (Å²) in [5.74, 6) is 1.49. The Bertz CT molecular complexity index is 547. The van der Waals surface area contributed by atoms with Crippen molar-refractivity contribution in [1.82, 2.24) is 15.5 Å². The highest BCUT2D eigenvalue weighted by molar-refractivity contribution is 5.64. The molecule has 1 N–H and O–H groups in total. The molecule has 3 rings (SSSR count). The largest absolute Gasteiger partial charge is 0.477 e. The number of pyridine rings is 1. The van der Waals surface area contributed by atoms with Gasteiger partial charge in [0, 0.05) is 12.3 Å². The van der Waals surface area contributed by atoms with Gasteiger partial charge in [0.15, 0.2) is 5.76 Å². The zero-order chi connectivity index (χ0) is 13.1. The van der Waals surface area contributed by atoms with Crippen molar-refractivity contribution in [3.8, 4) is 17.1 Å². The number of nitrogens with zero attached hydrogens (tertiary/aromatic N) is 2. The smallest absolute Gasteiger partial charge is 0.223 e. The summed E-state index contributed by atoms with van der Waals surface area (Å²) in [7, 11) is 0. The van der Waals surface area contributed by atoms with Crippen molar-refractivity contribution in [2.75, 3.05) is 13.2 Å². The topological polar surface area (TPSA) is 60.2 Å². The third-order valence-electron chi connectivity index (χ3n) is 3.26. The normalized spacial score (nSPS) is 18.7. The summed E-state index contributed by atoms with van der Waals surface area (Å²) in [4.78, 5) is 4.23. The number of ether oxygens (including phenoxy) is 1. The second-order valence-electron chi connectivity index (χ2n) is 4.55. The molecule has 0 amide bonds. The van der Waals surface area contributed by atoms with Gasteiger partial charge in [-0.2, -0.15) is 0 Å². The first-order chi connectivity index (χ1) is 9.38. The standard InChI is InChI=1S/C14H17N3O2/c1-2-18-14-10(5-3-8-16-14)12-9-13(19-17-12)11-6-4-7-15-11/h3,5,8-9,11,15H,2,4,6-7H2,1H3. The zero-order valence-electron chi connectivity index (χ0n) is 10.9. The van der Waals surface area contributed by atoms with Gasteiger partial charge in [0.1, 0.15) is 5.69 Å². The molecule has 5 heteroatoms. The van der Waals surface area contributed by atoms with E-state index >= 15 is 0 Å².